The van der Waals surface area contributed by atoms with E-state index in [0.717, 1.165) is 17.0 Å². The first-order valence-corrected chi connectivity index (χ1v) is 9.47. The van der Waals surface area contributed by atoms with Crippen LogP contribution in [0.2, 0.25) is 0 Å². The molecule has 0 radical (unpaired) electrons. The Morgan fingerprint density at radius 1 is 1.27 bits per heavy atom. The average molecular weight is 372 g/mol. The second-order valence-corrected chi connectivity index (χ2v) is 7.71. The van der Waals surface area contributed by atoms with Gasteiger partial charge in [-0.05, 0) is 31.2 Å². The summed E-state index contributed by atoms with van der Waals surface area (Å²) in [6, 6.07) is 10.1. The molecule has 4 rings (SSSR count). The second kappa shape index (κ2) is 6.11. The number of imidazole rings is 1. The predicted octanol–water partition coefficient (Wildman–Crippen LogP) is 1.60. The Labute approximate surface area is 148 Å². The molecule has 4 aromatic rings. The quantitative estimate of drug-likeness (QED) is 0.553. The van der Waals surface area contributed by atoms with E-state index in [9.17, 15) is 13.2 Å². The predicted molar refractivity (Wildman–Crippen MR) is 95.7 cm³/mol. The molecule has 3 aromatic heterocycles. The van der Waals surface area contributed by atoms with Crippen molar-refractivity contribution in [2.45, 2.75) is 18.2 Å². The molecular weight excluding hydrogens is 356 g/mol. The lowest BCUT2D eigenvalue weighted by atomic mass is 10.3. The van der Waals surface area contributed by atoms with Crippen LogP contribution in [0.15, 0.2) is 56.7 Å². The molecule has 0 atom stereocenters. The Balaban J connectivity index is 1.49. The minimum Gasteiger partial charge on any atom is -0.408 e. The first kappa shape index (κ1) is 16.6. The first-order valence-electron chi connectivity index (χ1n) is 7.98. The summed E-state index contributed by atoms with van der Waals surface area (Å²) in [7, 11) is -3.71. The van der Waals surface area contributed by atoms with Crippen LogP contribution in [0, 0.1) is 6.92 Å². The van der Waals surface area contributed by atoms with E-state index in [4.69, 9.17) is 4.42 Å². The van der Waals surface area contributed by atoms with Crippen LogP contribution in [0.25, 0.3) is 16.7 Å². The van der Waals surface area contributed by atoms with E-state index in [1.165, 1.54) is 18.2 Å². The van der Waals surface area contributed by atoms with Crippen molar-refractivity contribution in [1.82, 2.24) is 19.1 Å². The van der Waals surface area contributed by atoms with Crippen LogP contribution < -0.4 is 10.5 Å². The molecule has 0 aliphatic heterocycles. The molecule has 9 heteroatoms. The fraction of sp³-hybridized carbons (Fsp3) is 0.176. The Kier molecular flexibility index (Phi) is 3.89. The van der Waals surface area contributed by atoms with Gasteiger partial charge in [-0.3, -0.25) is 4.98 Å². The van der Waals surface area contributed by atoms with Gasteiger partial charge in [-0.15, -0.1) is 0 Å². The van der Waals surface area contributed by atoms with Crippen LogP contribution >= 0.6 is 0 Å². The van der Waals surface area contributed by atoms with E-state index in [1.54, 1.807) is 0 Å². The number of hydrogen-bond acceptors (Lipinski definition) is 5. The highest BCUT2D eigenvalue weighted by molar-refractivity contribution is 7.89. The van der Waals surface area contributed by atoms with Gasteiger partial charge >= 0.3 is 5.76 Å². The number of pyridine rings is 1. The van der Waals surface area contributed by atoms with Crippen molar-refractivity contribution in [2.75, 3.05) is 6.54 Å². The number of H-pyrrole nitrogens is 1. The highest BCUT2D eigenvalue weighted by Gasteiger charge is 2.16. The lowest BCUT2D eigenvalue weighted by Gasteiger charge is -2.05. The first-order chi connectivity index (χ1) is 12.4. The number of aromatic amines is 1. The number of aryl methyl sites for hydroxylation is 1. The molecule has 0 saturated carbocycles. The maximum atomic E-state index is 12.4. The number of nitrogens with zero attached hydrogens (tertiary/aromatic N) is 2. The number of nitrogens with one attached hydrogen (secondary N) is 2. The lowest BCUT2D eigenvalue weighted by molar-refractivity contribution is 0.553. The molecule has 2 N–H and O–H groups in total. The molecule has 0 amide bonds. The van der Waals surface area contributed by atoms with Gasteiger partial charge in [-0.1, -0.05) is 6.07 Å². The lowest BCUT2D eigenvalue weighted by Crippen LogP contribution is -2.26. The SMILES string of the molecule is Cc1cccc2nc(CCNS(=O)(=O)c3ccc4[nH]c(=O)oc4c3)cn12. The maximum Gasteiger partial charge on any atom is 0.417 e. The van der Waals surface area contributed by atoms with Gasteiger partial charge in [0, 0.05) is 30.9 Å². The molecule has 0 bridgehead atoms. The zero-order valence-electron chi connectivity index (χ0n) is 13.9. The van der Waals surface area contributed by atoms with Crippen LogP contribution in [0.4, 0.5) is 0 Å². The van der Waals surface area contributed by atoms with Crippen molar-refractivity contribution in [3.63, 3.8) is 0 Å². The summed E-state index contributed by atoms with van der Waals surface area (Å²) < 4.78 is 34.3. The largest absolute Gasteiger partial charge is 0.417 e. The van der Waals surface area contributed by atoms with Crippen LogP contribution in [0.3, 0.4) is 0 Å². The summed E-state index contributed by atoms with van der Waals surface area (Å²) >= 11 is 0. The van der Waals surface area contributed by atoms with Gasteiger partial charge in [-0.25, -0.2) is 22.9 Å². The monoisotopic (exact) mass is 372 g/mol. The van der Waals surface area contributed by atoms with Gasteiger partial charge in [0.2, 0.25) is 10.0 Å². The maximum absolute atomic E-state index is 12.4. The Morgan fingerprint density at radius 3 is 2.92 bits per heavy atom. The highest BCUT2D eigenvalue weighted by Crippen LogP contribution is 2.16. The molecule has 0 aliphatic carbocycles. The molecule has 0 saturated heterocycles. The van der Waals surface area contributed by atoms with Crippen LogP contribution in [-0.2, 0) is 16.4 Å². The molecule has 0 unspecified atom stereocenters. The Bertz CT molecular complexity index is 1270. The normalized spacial score (nSPS) is 12.2. The standard InChI is InChI=1S/C17H16N4O4S/c1-11-3-2-4-16-19-12(10-21(11)16)7-8-18-26(23,24)13-5-6-14-15(9-13)25-17(22)20-14/h2-6,9-10,18H,7-8H2,1H3,(H,20,22). The Morgan fingerprint density at radius 2 is 2.12 bits per heavy atom. The topological polar surface area (TPSA) is 109 Å². The van der Waals surface area contributed by atoms with Gasteiger partial charge < -0.3 is 8.82 Å². The minimum absolute atomic E-state index is 0.0404. The minimum atomic E-state index is -3.71. The molecule has 1 aromatic carbocycles. The molecule has 0 aliphatic rings. The molecule has 134 valence electrons. The van der Waals surface area contributed by atoms with Crippen LogP contribution in [0.1, 0.15) is 11.4 Å². The number of fused-ring (bicyclic) bond motifs is 2. The third kappa shape index (κ3) is 3.02. The summed E-state index contributed by atoms with van der Waals surface area (Å²) in [6.45, 7) is 2.19. The fourth-order valence-corrected chi connectivity index (χ4v) is 3.86. The number of hydrogen-bond donors (Lipinski definition) is 2. The summed E-state index contributed by atoms with van der Waals surface area (Å²) in [5.41, 5.74) is 3.34. The number of sulfonamides is 1. The highest BCUT2D eigenvalue weighted by atomic mass is 32.2. The number of oxazole rings is 1. The summed E-state index contributed by atoms with van der Waals surface area (Å²) in [6.07, 6.45) is 2.36. The van der Waals surface area contributed by atoms with Crippen molar-refractivity contribution in [3.05, 3.63) is 64.5 Å². The van der Waals surface area contributed by atoms with E-state index in [1.807, 2.05) is 35.7 Å². The zero-order valence-corrected chi connectivity index (χ0v) is 14.7. The van der Waals surface area contributed by atoms with Crippen LogP contribution in [0.5, 0.6) is 0 Å². The van der Waals surface area contributed by atoms with Crippen molar-refractivity contribution < 1.29 is 12.8 Å². The molecule has 3 heterocycles. The summed E-state index contributed by atoms with van der Waals surface area (Å²) in [4.78, 5) is 18.2. The number of benzene rings is 1. The van der Waals surface area contributed by atoms with Crippen molar-refractivity contribution >= 4 is 26.8 Å². The average Bonchev–Trinajstić information content (AvgIpc) is 3.16. The fourth-order valence-electron chi connectivity index (χ4n) is 2.81. The van der Waals surface area contributed by atoms with Crippen molar-refractivity contribution in [2.24, 2.45) is 0 Å². The van der Waals surface area contributed by atoms with E-state index in [-0.39, 0.29) is 17.0 Å². The molecular formula is C17H16N4O4S. The molecule has 26 heavy (non-hydrogen) atoms. The molecule has 0 fully saturated rings. The Hall–Kier alpha value is -2.91. The second-order valence-electron chi connectivity index (χ2n) is 5.95. The number of rotatable bonds is 5. The van der Waals surface area contributed by atoms with Crippen LogP contribution in [-0.4, -0.2) is 29.3 Å². The van der Waals surface area contributed by atoms with Gasteiger partial charge in [0.1, 0.15) is 5.65 Å². The van der Waals surface area contributed by atoms with E-state index in [2.05, 4.69) is 14.7 Å². The van der Waals surface area contributed by atoms with E-state index < -0.39 is 15.8 Å². The summed E-state index contributed by atoms with van der Waals surface area (Å²) in [5.74, 6) is -0.621. The van der Waals surface area contributed by atoms with Crippen molar-refractivity contribution in [1.29, 1.82) is 0 Å². The van der Waals surface area contributed by atoms with Gasteiger partial charge in [0.05, 0.1) is 16.1 Å². The van der Waals surface area contributed by atoms with Gasteiger partial charge in [0.15, 0.2) is 5.58 Å². The van der Waals surface area contributed by atoms with Gasteiger partial charge in [-0.2, -0.15) is 0 Å². The van der Waals surface area contributed by atoms with Crippen molar-refractivity contribution in [3.8, 4) is 0 Å². The van der Waals surface area contributed by atoms with E-state index >= 15 is 0 Å². The third-order valence-electron chi connectivity index (χ3n) is 4.12. The van der Waals surface area contributed by atoms with Gasteiger partial charge in [0.25, 0.3) is 0 Å². The molecule has 8 nitrogen and oxygen atoms in total. The zero-order chi connectivity index (χ0) is 18.3. The third-order valence-corrected chi connectivity index (χ3v) is 5.58. The number of aromatic nitrogens is 3. The smallest absolute Gasteiger partial charge is 0.408 e. The van der Waals surface area contributed by atoms with E-state index in [0.29, 0.717) is 11.9 Å². The summed E-state index contributed by atoms with van der Waals surface area (Å²) in [5, 5.41) is 0. The molecule has 0 spiro atoms.